The van der Waals surface area contributed by atoms with Gasteiger partial charge in [-0.05, 0) is 36.1 Å². The minimum Gasteiger partial charge on any atom is -0.497 e. The standard InChI is InChI=1S/C23H26N2O3S/c1-15(2)11-12-24-22(26)17-7-10-20-19(14-17)25(3)23(27)21(29-20)13-16-5-8-18(28-4)9-6-16/h5-10,13-15,20H,11-12H2,1-4H3/p+1/b21-13-. The molecule has 29 heavy (non-hydrogen) atoms. The summed E-state index contributed by atoms with van der Waals surface area (Å²) in [6, 6.07) is 7.60. The summed E-state index contributed by atoms with van der Waals surface area (Å²) in [5.74, 6) is 1.16. The van der Waals surface area contributed by atoms with Crippen molar-refractivity contribution in [2.75, 3.05) is 20.7 Å². The number of carbonyl (C=O) groups excluding carboxylic acids is 2. The van der Waals surface area contributed by atoms with Crippen LogP contribution in [0.4, 0.5) is 0 Å². The van der Waals surface area contributed by atoms with Gasteiger partial charge >= 0.3 is 5.91 Å². The minimum atomic E-state index is -0.0988. The van der Waals surface area contributed by atoms with Crippen LogP contribution in [-0.4, -0.2) is 48.1 Å². The van der Waals surface area contributed by atoms with Gasteiger partial charge in [-0.1, -0.05) is 49.9 Å². The van der Waals surface area contributed by atoms with Crippen LogP contribution >= 0.6 is 11.8 Å². The summed E-state index contributed by atoms with van der Waals surface area (Å²) < 4.78 is 6.82. The van der Waals surface area contributed by atoms with E-state index in [4.69, 9.17) is 4.74 Å². The summed E-state index contributed by atoms with van der Waals surface area (Å²) in [5, 5.41) is 2.96. The molecule has 1 aliphatic heterocycles. The maximum atomic E-state index is 12.9. The third-order valence-corrected chi connectivity index (χ3v) is 6.08. The summed E-state index contributed by atoms with van der Waals surface area (Å²) in [6.07, 6.45) is 8.49. The molecule has 1 N–H and O–H groups in total. The maximum absolute atomic E-state index is 12.9. The van der Waals surface area contributed by atoms with Gasteiger partial charge in [0.25, 0.3) is 5.91 Å². The van der Waals surface area contributed by atoms with Crippen LogP contribution in [0.25, 0.3) is 6.08 Å². The van der Waals surface area contributed by atoms with Gasteiger partial charge in [-0.25, -0.2) is 4.79 Å². The molecule has 1 atom stereocenters. The lowest BCUT2D eigenvalue weighted by Gasteiger charge is -2.21. The van der Waals surface area contributed by atoms with Gasteiger partial charge < -0.3 is 10.1 Å². The highest BCUT2D eigenvalue weighted by atomic mass is 32.2. The Morgan fingerprint density at radius 1 is 1.31 bits per heavy atom. The summed E-state index contributed by atoms with van der Waals surface area (Å²) in [5.41, 5.74) is 2.37. The fourth-order valence-corrected chi connectivity index (χ4v) is 4.32. The fraction of sp³-hybridized carbons (Fsp3) is 0.348. The Bertz CT molecular complexity index is 924. The number of fused-ring (bicyclic) bond motifs is 1. The van der Waals surface area contributed by atoms with E-state index in [0.717, 1.165) is 23.4 Å². The van der Waals surface area contributed by atoms with E-state index < -0.39 is 0 Å². The number of nitrogens with zero attached hydrogens (tertiary/aromatic N) is 1. The molecular weight excluding hydrogens is 384 g/mol. The van der Waals surface area contributed by atoms with E-state index in [1.807, 2.05) is 48.6 Å². The lowest BCUT2D eigenvalue weighted by Crippen LogP contribution is -2.37. The van der Waals surface area contributed by atoms with Gasteiger partial charge in [-0.2, -0.15) is 4.58 Å². The van der Waals surface area contributed by atoms with Crippen LogP contribution in [0.15, 0.2) is 53.0 Å². The van der Waals surface area contributed by atoms with Gasteiger partial charge in [-0.3, -0.25) is 4.79 Å². The smallest absolute Gasteiger partial charge is 0.425 e. The highest BCUT2D eigenvalue weighted by molar-refractivity contribution is 8.05. The Kier molecular flexibility index (Phi) is 6.75. The van der Waals surface area contributed by atoms with Crippen LogP contribution < -0.4 is 10.1 Å². The largest absolute Gasteiger partial charge is 0.497 e. The SMILES string of the molecule is COc1ccc(/C=C2\SC3C=CC(C(=O)NCCC(C)C)=CC3=[N+](C)C2=O)cc1. The predicted molar refractivity (Wildman–Crippen MR) is 118 cm³/mol. The van der Waals surface area contributed by atoms with Crippen LogP contribution in [-0.2, 0) is 9.59 Å². The van der Waals surface area contributed by atoms with Crippen LogP contribution in [0.5, 0.6) is 5.75 Å². The van der Waals surface area contributed by atoms with Crippen LogP contribution in [0.2, 0.25) is 0 Å². The normalized spacial score (nSPS) is 20.0. The number of hydrogen-bond donors (Lipinski definition) is 1. The molecule has 1 aliphatic carbocycles. The van der Waals surface area contributed by atoms with E-state index in [-0.39, 0.29) is 17.1 Å². The molecule has 2 aliphatic rings. The Morgan fingerprint density at radius 3 is 2.69 bits per heavy atom. The van der Waals surface area contributed by atoms with Gasteiger partial charge in [0, 0.05) is 18.2 Å². The van der Waals surface area contributed by atoms with Crippen molar-refractivity contribution >= 4 is 35.4 Å². The highest BCUT2D eigenvalue weighted by Crippen LogP contribution is 2.33. The van der Waals surface area contributed by atoms with E-state index in [2.05, 4.69) is 19.2 Å². The fourth-order valence-electron chi connectivity index (χ4n) is 3.10. The van der Waals surface area contributed by atoms with Gasteiger partial charge in [0.1, 0.15) is 23.0 Å². The average Bonchev–Trinajstić information content (AvgIpc) is 2.71. The maximum Gasteiger partial charge on any atom is 0.425 e. The summed E-state index contributed by atoms with van der Waals surface area (Å²) in [6.45, 7) is 4.91. The number of likely N-dealkylation sites (N-methyl/N-ethyl adjacent to an activating group) is 1. The van der Waals surface area contributed by atoms with Crippen molar-refractivity contribution in [3.8, 4) is 5.75 Å². The number of allylic oxidation sites excluding steroid dienone is 1. The number of thioether (sulfide) groups is 1. The minimum absolute atomic E-state index is 0.00872. The average molecular weight is 412 g/mol. The third kappa shape index (κ3) is 5.07. The van der Waals surface area contributed by atoms with Gasteiger partial charge in [0.2, 0.25) is 5.71 Å². The molecule has 6 heteroatoms. The zero-order chi connectivity index (χ0) is 21.0. The summed E-state index contributed by atoms with van der Waals surface area (Å²) in [4.78, 5) is 26.0. The molecule has 0 spiro atoms. The first-order chi connectivity index (χ1) is 13.9. The number of hydrogen-bond acceptors (Lipinski definition) is 4. The van der Waals surface area contributed by atoms with Crippen molar-refractivity contribution in [3.63, 3.8) is 0 Å². The van der Waals surface area contributed by atoms with Crippen molar-refractivity contribution in [1.82, 2.24) is 5.32 Å². The number of amides is 2. The highest BCUT2D eigenvalue weighted by Gasteiger charge is 2.37. The van der Waals surface area contributed by atoms with Crippen LogP contribution in [0.3, 0.4) is 0 Å². The first-order valence-electron chi connectivity index (χ1n) is 9.74. The molecular formula is C23H27N2O3S+. The number of nitrogens with one attached hydrogen (secondary N) is 1. The topological polar surface area (TPSA) is 58.4 Å². The van der Waals surface area contributed by atoms with Crippen molar-refractivity contribution in [2.24, 2.45) is 5.92 Å². The molecule has 2 amide bonds. The van der Waals surface area contributed by atoms with Crippen molar-refractivity contribution in [3.05, 3.63) is 58.5 Å². The molecule has 1 aromatic carbocycles. The lowest BCUT2D eigenvalue weighted by molar-refractivity contribution is -0.413. The second kappa shape index (κ2) is 9.27. The molecule has 0 saturated carbocycles. The molecule has 0 fully saturated rings. The van der Waals surface area contributed by atoms with Crippen molar-refractivity contribution in [1.29, 1.82) is 0 Å². The Morgan fingerprint density at radius 2 is 2.03 bits per heavy atom. The van der Waals surface area contributed by atoms with E-state index >= 15 is 0 Å². The third-order valence-electron chi connectivity index (χ3n) is 4.89. The molecule has 0 aromatic heterocycles. The first kappa shape index (κ1) is 21.1. The molecule has 5 nitrogen and oxygen atoms in total. The molecule has 152 valence electrons. The molecule has 1 aromatic rings. The van der Waals surface area contributed by atoms with E-state index in [1.54, 1.807) is 18.7 Å². The Hall–Kier alpha value is -2.60. The Balaban J connectivity index is 1.79. The number of benzene rings is 1. The number of methoxy groups -OCH3 is 1. The van der Waals surface area contributed by atoms with E-state index in [9.17, 15) is 9.59 Å². The molecule has 0 bridgehead atoms. The van der Waals surface area contributed by atoms with E-state index in [0.29, 0.717) is 22.9 Å². The molecule has 0 saturated heterocycles. The Labute approximate surface area is 176 Å². The van der Waals surface area contributed by atoms with E-state index in [1.165, 1.54) is 11.8 Å². The van der Waals surface area contributed by atoms with Gasteiger partial charge in [0.05, 0.1) is 7.11 Å². The predicted octanol–water partition coefficient (Wildman–Crippen LogP) is 3.42. The molecule has 1 heterocycles. The first-order valence-corrected chi connectivity index (χ1v) is 10.6. The zero-order valence-electron chi connectivity index (χ0n) is 17.3. The number of rotatable bonds is 6. The molecule has 0 radical (unpaired) electrons. The molecule has 3 rings (SSSR count). The van der Waals surface area contributed by atoms with Crippen LogP contribution in [0, 0.1) is 5.92 Å². The quantitative estimate of drug-likeness (QED) is 0.576. The number of ether oxygens (including phenoxy) is 1. The van der Waals surface area contributed by atoms with Crippen LogP contribution in [0.1, 0.15) is 25.8 Å². The monoisotopic (exact) mass is 411 g/mol. The summed E-state index contributed by atoms with van der Waals surface area (Å²) >= 11 is 1.51. The second-order valence-electron chi connectivity index (χ2n) is 7.51. The lowest BCUT2D eigenvalue weighted by atomic mass is 10.0. The van der Waals surface area contributed by atoms with Gasteiger partial charge in [-0.15, -0.1) is 0 Å². The summed E-state index contributed by atoms with van der Waals surface area (Å²) in [7, 11) is 3.39. The molecule has 1 unspecified atom stereocenters. The zero-order valence-corrected chi connectivity index (χ0v) is 18.1. The second-order valence-corrected chi connectivity index (χ2v) is 8.69. The van der Waals surface area contributed by atoms with Crippen molar-refractivity contribution < 1.29 is 18.9 Å². The number of carbonyl (C=O) groups is 2. The van der Waals surface area contributed by atoms with Gasteiger partial charge in [0.15, 0.2) is 0 Å². The van der Waals surface area contributed by atoms with Crippen molar-refractivity contribution in [2.45, 2.75) is 25.5 Å².